The summed E-state index contributed by atoms with van der Waals surface area (Å²) < 4.78 is 19.3. The molecular formula is C6H14N2O3S. The minimum absolute atomic E-state index is 0.475. The molecule has 5 nitrogen and oxygen atoms in total. The van der Waals surface area contributed by atoms with Gasteiger partial charge in [0.25, 0.3) is 0 Å². The first kappa shape index (κ1) is 11.4. The summed E-state index contributed by atoms with van der Waals surface area (Å²) in [7, 11) is 0. The van der Waals surface area contributed by atoms with Crippen molar-refractivity contribution < 1.29 is 13.6 Å². The Morgan fingerprint density at radius 3 is 2.67 bits per heavy atom. The number of hydrogen-bond acceptors (Lipinski definition) is 2. The quantitative estimate of drug-likeness (QED) is 0.553. The van der Waals surface area contributed by atoms with Gasteiger partial charge >= 0.3 is 6.03 Å². The van der Waals surface area contributed by atoms with Gasteiger partial charge in [0.05, 0.1) is 0 Å². The van der Waals surface area contributed by atoms with E-state index in [0.29, 0.717) is 6.42 Å². The Balaban J connectivity index is 3.87. The molecular weight excluding hydrogens is 180 g/mol. The lowest BCUT2D eigenvalue weighted by atomic mass is 10.2. The van der Waals surface area contributed by atoms with Gasteiger partial charge in [0.15, 0.2) is 11.1 Å². The van der Waals surface area contributed by atoms with Gasteiger partial charge in [-0.05, 0) is 6.42 Å². The van der Waals surface area contributed by atoms with E-state index in [0.717, 1.165) is 12.8 Å². The number of rotatable bonds is 5. The monoisotopic (exact) mass is 194 g/mol. The van der Waals surface area contributed by atoms with E-state index in [-0.39, 0.29) is 0 Å². The van der Waals surface area contributed by atoms with E-state index < -0.39 is 22.5 Å². The molecule has 0 aromatic rings. The molecule has 2 unspecified atom stereocenters. The number of hydrogen-bond donors (Lipinski definition) is 3. The van der Waals surface area contributed by atoms with Crippen LogP contribution in [0.4, 0.5) is 4.79 Å². The molecule has 0 aromatic carbocycles. The summed E-state index contributed by atoms with van der Waals surface area (Å²) in [5, 5.41) is 1.47. The van der Waals surface area contributed by atoms with Gasteiger partial charge in [0.2, 0.25) is 0 Å². The first-order valence-electron chi connectivity index (χ1n) is 3.73. The van der Waals surface area contributed by atoms with Crippen LogP contribution >= 0.6 is 0 Å². The number of amides is 2. The van der Waals surface area contributed by atoms with Crippen molar-refractivity contribution in [2.24, 2.45) is 5.73 Å². The van der Waals surface area contributed by atoms with Gasteiger partial charge in [0, 0.05) is 0 Å². The van der Waals surface area contributed by atoms with Crippen molar-refractivity contribution >= 4 is 17.1 Å². The topological polar surface area (TPSA) is 92.4 Å². The highest BCUT2D eigenvalue weighted by atomic mass is 32.2. The summed E-state index contributed by atoms with van der Waals surface area (Å²) in [5.41, 5.74) is 4.81. The molecule has 0 aliphatic rings. The van der Waals surface area contributed by atoms with Crippen molar-refractivity contribution in [3.63, 3.8) is 0 Å². The molecule has 2 atom stereocenters. The van der Waals surface area contributed by atoms with Crippen molar-refractivity contribution in [3.05, 3.63) is 0 Å². The highest BCUT2D eigenvalue weighted by molar-refractivity contribution is 7.79. The molecule has 0 aliphatic heterocycles. The van der Waals surface area contributed by atoms with Gasteiger partial charge in [0.1, 0.15) is 5.37 Å². The Bertz CT molecular complexity index is 174. The largest absolute Gasteiger partial charge is 0.352 e. The Morgan fingerprint density at radius 1 is 1.75 bits per heavy atom. The fourth-order valence-electron chi connectivity index (χ4n) is 0.772. The molecule has 0 saturated heterocycles. The van der Waals surface area contributed by atoms with E-state index in [4.69, 9.17) is 10.3 Å². The molecule has 0 spiro atoms. The van der Waals surface area contributed by atoms with E-state index in [1.807, 2.05) is 6.92 Å². The van der Waals surface area contributed by atoms with Crippen LogP contribution in [0.5, 0.6) is 0 Å². The molecule has 0 saturated carbocycles. The van der Waals surface area contributed by atoms with Crippen LogP contribution in [0.1, 0.15) is 26.2 Å². The van der Waals surface area contributed by atoms with Gasteiger partial charge in [-0.3, -0.25) is 0 Å². The summed E-state index contributed by atoms with van der Waals surface area (Å²) in [4.78, 5) is 10.3. The predicted octanol–water partition coefficient (Wildman–Crippen LogP) is 0.393. The zero-order valence-electron chi connectivity index (χ0n) is 6.95. The zero-order chi connectivity index (χ0) is 9.56. The van der Waals surface area contributed by atoms with Crippen molar-refractivity contribution in [2.75, 3.05) is 0 Å². The summed E-state index contributed by atoms with van der Waals surface area (Å²) in [6.07, 6.45) is 2.17. The standard InChI is InChI=1S/C6H14N2O3S/c1-2-3-4-5(12(10)11)8-6(7)9/h5H,2-4H2,1H3,(H,10,11)(H3,7,8,9). The number of carbonyl (C=O) groups is 1. The third kappa shape index (κ3) is 5.09. The van der Waals surface area contributed by atoms with Gasteiger partial charge < -0.3 is 15.6 Å². The first-order valence-corrected chi connectivity index (χ1v) is 4.90. The minimum Gasteiger partial charge on any atom is -0.352 e. The van der Waals surface area contributed by atoms with Crippen LogP contribution in [0.25, 0.3) is 0 Å². The van der Waals surface area contributed by atoms with Gasteiger partial charge in [-0.2, -0.15) is 0 Å². The maximum absolute atomic E-state index is 10.6. The molecule has 0 heterocycles. The minimum atomic E-state index is -2.04. The molecule has 0 bridgehead atoms. The van der Waals surface area contributed by atoms with E-state index in [1.165, 1.54) is 0 Å². The number of nitrogens with two attached hydrogens (primary N) is 1. The maximum Gasteiger partial charge on any atom is 0.313 e. The molecule has 2 amide bonds. The predicted molar refractivity (Wildman–Crippen MR) is 46.8 cm³/mol. The molecule has 0 fully saturated rings. The highest BCUT2D eigenvalue weighted by Gasteiger charge is 2.14. The Hall–Kier alpha value is -0.620. The number of nitrogens with one attached hydrogen (secondary N) is 1. The Labute approximate surface area is 74.0 Å². The van der Waals surface area contributed by atoms with Crippen LogP contribution in [0.3, 0.4) is 0 Å². The second-order valence-electron chi connectivity index (χ2n) is 2.42. The third-order valence-electron chi connectivity index (χ3n) is 1.37. The number of urea groups is 1. The van der Waals surface area contributed by atoms with Crippen LogP contribution in [0.2, 0.25) is 0 Å². The van der Waals surface area contributed by atoms with Gasteiger partial charge in [-0.25, -0.2) is 9.00 Å². The lowest BCUT2D eigenvalue weighted by molar-refractivity contribution is 0.247. The van der Waals surface area contributed by atoms with E-state index in [9.17, 15) is 9.00 Å². The summed E-state index contributed by atoms with van der Waals surface area (Å²) in [5.74, 6) is 0. The molecule has 4 N–H and O–H groups in total. The van der Waals surface area contributed by atoms with Gasteiger partial charge in [-0.15, -0.1) is 0 Å². The fraction of sp³-hybridized carbons (Fsp3) is 0.833. The average molecular weight is 194 g/mol. The van der Waals surface area contributed by atoms with E-state index in [2.05, 4.69) is 5.32 Å². The van der Waals surface area contributed by atoms with Crippen LogP contribution in [0, 0.1) is 0 Å². The summed E-state index contributed by atoms with van der Waals surface area (Å²) >= 11 is -2.04. The van der Waals surface area contributed by atoms with Crippen LogP contribution in [-0.2, 0) is 11.1 Å². The summed E-state index contributed by atoms with van der Waals surface area (Å²) in [6.45, 7) is 1.96. The maximum atomic E-state index is 10.6. The molecule has 0 aliphatic carbocycles. The van der Waals surface area contributed by atoms with Crippen molar-refractivity contribution in [2.45, 2.75) is 31.6 Å². The normalized spacial score (nSPS) is 15.2. The number of primary amides is 1. The van der Waals surface area contributed by atoms with Crippen LogP contribution in [0.15, 0.2) is 0 Å². The zero-order valence-corrected chi connectivity index (χ0v) is 7.76. The van der Waals surface area contributed by atoms with Crippen LogP contribution < -0.4 is 11.1 Å². The lowest BCUT2D eigenvalue weighted by Gasteiger charge is -2.12. The molecule has 12 heavy (non-hydrogen) atoms. The third-order valence-corrected chi connectivity index (χ3v) is 2.21. The summed E-state index contributed by atoms with van der Waals surface area (Å²) in [6, 6.07) is -0.765. The Kier molecular flexibility index (Phi) is 5.65. The second-order valence-corrected chi connectivity index (χ2v) is 3.54. The second kappa shape index (κ2) is 5.96. The Morgan fingerprint density at radius 2 is 2.33 bits per heavy atom. The molecule has 0 radical (unpaired) electrons. The van der Waals surface area contributed by atoms with E-state index in [1.54, 1.807) is 0 Å². The molecule has 6 heteroatoms. The molecule has 0 aromatic heterocycles. The SMILES string of the molecule is CCCCC(NC(N)=O)S(=O)O. The highest BCUT2D eigenvalue weighted by Crippen LogP contribution is 2.02. The fourth-order valence-corrected chi connectivity index (χ4v) is 1.36. The average Bonchev–Trinajstić information content (AvgIpc) is 1.96. The lowest BCUT2D eigenvalue weighted by Crippen LogP contribution is -2.41. The van der Waals surface area contributed by atoms with Crippen molar-refractivity contribution in [1.82, 2.24) is 5.32 Å². The number of unbranched alkanes of at least 4 members (excludes halogenated alkanes) is 1. The molecule has 72 valence electrons. The van der Waals surface area contributed by atoms with Crippen molar-refractivity contribution in [1.29, 1.82) is 0 Å². The van der Waals surface area contributed by atoms with Crippen molar-refractivity contribution in [3.8, 4) is 0 Å². The van der Waals surface area contributed by atoms with E-state index >= 15 is 0 Å². The van der Waals surface area contributed by atoms with Crippen LogP contribution in [-0.4, -0.2) is 20.2 Å². The number of carbonyl (C=O) groups excluding carboxylic acids is 1. The smallest absolute Gasteiger partial charge is 0.313 e. The first-order chi connectivity index (χ1) is 5.57. The van der Waals surface area contributed by atoms with Gasteiger partial charge in [-0.1, -0.05) is 19.8 Å². The molecule has 0 rings (SSSR count).